The summed E-state index contributed by atoms with van der Waals surface area (Å²) in [5, 5.41) is 0.197. The number of hydrogen-bond donors (Lipinski definition) is 2. The molecular formula is C8H7ClN4O. The quantitative estimate of drug-likeness (QED) is 0.635. The van der Waals surface area contributed by atoms with Gasteiger partial charge >= 0.3 is 0 Å². The summed E-state index contributed by atoms with van der Waals surface area (Å²) >= 11 is 5.57. The zero-order valence-electron chi connectivity index (χ0n) is 7.12. The number of primary amides is 1. The molecule has 1 heterocycles. The molecule has 1 amide bonds. The van der Waals surface area contributed by atoms with Gasteiger partial charge in [0.05, 0.1) is 12.6 Å². The summed E-state index contributed by atoms with van der Waals surface area (Å²) in [5.74, 6) is 4.72. The predicted molar refractivity (Wildman–Crippen MR) is 52.1 cm³/mol. The normalized spacial score (nSPS) is 8.93. The Balaban J connectivity index is 2.88. The first kappa shape index (κ1) is 10.3. The molecule has 0 aliphatic heterocycles. The molecule has 0 aromatic carbocycles. The van der Waals surface area contributed by atoms with Gasteiger partial charge in [-0.2, -0.15) is 0 Å². The third-order valence-electron chi connectivity index (χ3n) is 1.24. The summed E-state index contributed by atoms with van der Waals surface area (Å²) in [5.41, 5.74) is 10.6. The van der Waals surface area contributed by atoms with E-state index in [4.69, 9.17) is 23.1 Å². The number of nitrogens with two attached hydrogens (primary N) is 2. The molecule has 0 aliphatic carbocycles. The SMILES string of the molecule is NC(=O)CC#Cc1nc(Cl)cnc1N. The van der Waals surface area contributed by atoms with Crippen molar-refractivity contribution in [3.8, 4) is 11.8 Å². The number of carbonyl (C=O) groups excluding carboxylic acids is 1. The fourth-order valence-corrected chi connectivity index (χ4v) is 0.817. The van der Waals surface area contributed by atoms with Crippen LogP contribution < -0.4 is 11.5 Å². The Bertz CT molecular complexity index is 421. The summed E-state index contributed by atoms with van der Waals surface area (Å²) in [6.07, 6.45) is 1.27. The number of carbonyl (C=O) groups is 1. The summed E-state index contributed by atoms with van der Waals surface area (Å²) < 4.78 is 0. The number of halogens is 1. The van der Waals surface area contributed by atoms with Gasteiger partial charge in [-0.1, -0.05) is 17.5 Å². The van der Waals surface area contributed by atoms with Crippen molar-refractivity contribution in [3.63, 3.8) is 0 Å². The van der Waals surface area contributed by atoms with E-state index in [0.717, 1.165) is 0 Å². The highest BCUT2D eigenvalue weighted by Gasteiger charge is 1.99. The highest BCUT2D eigenvalue weighted by Crippen LogP contribution is 2.07. The third kappa shape index (κ3) is 2.92. The van der Waals surface area contributed by atoms with Crippen molar-refractivity contribution in [1.29, 1.82) is 0 Å². The van der Waals surface area contributed by atoms with Gasteiger partial charge in [-0.25, -0.2) is 9.97 Å². The second kappa shape index (κ2) is 4.44. The summed E-state index contributed by atoms with van der Waals surface area (Å²) in [4.78, 5) is 17.9. The van der Waals surface area contributed by atoms with E-state index in [-0.39, 0.29) is 23.1 Å². The largest absolute Gasteiger partial charge is 0.381 e. The molecule has 0 bridgehead atoms. The van der Waals surface area contributed by atoms with E-state index < -0.39 is 5.91 Å². The molecular weight excluding hydrogens is 204 g/mol. The smallest absolute Gasteiger partial charge is 0.229 e. The predicted octanol–water partition coefficient (Wildman–Crippen LogP) is -0.0609. The lowest BCUT2D eigenvalue weighted by atomic mass is 10.3. The van der Waals surface area contributed by atoms with Gasteiger partial charge in [-0.3, -0.25) is 4.79 Å². The van der Waals surface area contributed by atoms with Crippen LogP contribution in [-0.2, 0) is 4.79 Å². The van der Waals surface area contributed by atoms with Crippen LogP contribution >= 0.6 is 11.6 Å². The van der Waals surface area contributed by atoms with Gasteiger partial charge in [0.15, 0.2) is 11.5 Å². The first-order valence-electron chi connectivity index (χ1n) is 3.65. The van der Waals surface area contributed by atoms with Crippen LogP contribution in [0.1, 0.15) is 12.1 Å². The van der Waals surface area contributed by atoms with Crippen LogP contribution in [0.2, 0.25) is 5.15 Å². The molecule has 0 atom stereocenters. The number of rotatable bonds is 1. The Morgan fingerprint density at radius 1 is 1.64 bits per heavy atom. The molecule has 4 N–H and O–H groups in total. The average molecular weight is 211 g/mol. The second-order valence-corrected chi connectivity index (χ2v) is 2.76. The van der Waals surface area contributed by atoms with Crippen LogP contribution in [-0.4, -0.2) is 15.9 Å². The fourth-order valence-electron chi connectivity index (χ4n) is 0.684. The van der Waals surface area contributed by atoms with Crippen molar-refractivity contribution in [1.82, 2.24) is 9.97 Å². The molecule has 0 radical (unpaired) electrons. The lowest BCUT2D eigenvalue weighted by molar-refractivity contribution is -0.117. The van der Waals surface area contributed by atoms with Crippen LogP contribution in [0.25, 0.3) is 0 Å². The fraction of sp³-hybridized carbons (Fsp3) is 0.125. The molecule has 0 saturated heterocycles. The number of nitrogens with zero attached hydrogens (tertiary/aromatic N) is 2. The number of aromatic nitrogens is 2. The van der Waals surface area contributed by atoms with Crippen molar-refractivity contribution in [2.45, 2.75) is 6.42 Å². The molecule has 0 unspecified atom stereocenters. The molecule has 72 valence electrons. The third-order valence-corrected chi connectivity index (χ3v) is 1.42. The van der Waals surface area contributed by atoms with Crippen molar-refractivity contribution >= 4 is 23.3 Å². The van der Waals surface area contributed by atoms with Crippen LogP contribution in [0.5, 0.6) is 0 Å². The number of amides is 1. The van der Waals surface area contributed by atoms with Gasteiger partial charge in [0.2, 0.25) is 5.91 Å². The minimum absolute atomic E-state index is 0.0480. The van der Waals surface area contributed by atoms with Crippen molar-refractivity contribution < 1.29 is 4.79 Å². The standard InChI is InChI=1S/C8H7ClN4O/c9-6-4-12-8(11)5(13-6)2-1-3-7(10)14/h4H,3H2,(H2,10,14)(H2,11,12). The lowest BCUT2D eigenvalue weighted by Gasteiger charge is -1.95. The molecule has 0 fully saturated rings. The highest BCUT2D eigenvalue weighted by molar-refractivity contribution is 6.29. The van der Waals surface area contributed by atoms with E-state index in [1.54, 1.807) is 0 Å². The molecule has 6 heteroatoms. The molecule has 0 spiro atoms. The minimum atomic E-state index is -0.508. The molecule has 0 saturated carbocycles. The Morgan fingerprint density at radius 2 is 2.36 bits per heavy atom. The topological polar surface area (TPSA) is 94.9 Å². The molecule has 1 rings (SSSR count). The maximum atomic E-state index is 10.4. The van der Waals surface area contributed by atoms with Gasteiger partial charge in [0.1, 0.15) is 5.15 Å². The maximum Gasteiger partial charge on any atom is 0.229 e. The molecule has 5 nitrogen and oxygen atoms in total. The van der Waals surface area contributed by atoms with Gasteiger partial charge in [-0.15, -0.1) is 0 Å². The van der Waals surface area contributed by atoms with Crippen molar-refractivity contribution in [3.05, 3.63) is 17.0 Å². The first-order chi connectivity index (χ1) is 6.59. The van der Waals surface area contributed by atoms with Crippen molar-refractivity contribution in [2.24, 2.45) is 5.73 Å². The number of anilines is 1. The molecule has 14 heavy (non-hydrogen) atoms. The average Bonchev–Trinajstić information content (AvgIpc) is 2.10. The van der Waals surface area contributed by atoms with Gasteiger partial charge in [0, 0.05) is 0 Å². The number of hydrogen-bond acceptors (Lipinski definition) is 4. The first-order valence-corrected chi connectivity index (χ1v) is 4.02. The maximum absolute atomic E-state index is 10.4. The van der Waals surface area contributed by atoms with Crippen LogP contribution in [0.4, 0.5) is 5.82 Å². The van der Waals surface area contributed by atoms with Crippen LogP contribution in [0.3, 0.4) is 0 Å². The van der Waals surface area contributed by atoms with E-state index in [0.29, 0.717) is 0 Å². The minimum Gasteiger partial charge on any atom is -0.381 e. The lowest BCUT2D eigenvalue weighted by Crippen LogP contribution is -2.08. The Hall–Kier alpha value is -1.80. The van der Waals surface area contributed by atoms with Crippen LogP contribution in [0, 0.1) is 11.8 Å². The van der Waals surface area contributed by atoms with E-state index >= 15 is 0 Å². The molecule has 1 aromatic heterocycles. The van der Waals surface area contributed by atoms with E-state index in [9.17, 15) is 4.79 Å². The van der Waals surface area contributed by atoms with Gasteiger partial charge < -0.3 is 11.5 Å². The highest BCUT2D eigenvalue weighted by atomic mass is 35.5. The zero-order valence-corrected chi connectivity index (χ0v) is 7.88. The summed E-state index contributed by atoms with van der Waals surface area (Å²) in [6, 6.07) is 0. The second-order valence-electron chi connectivity index (χ2n) is 2.37. The number of nitrogen functional groups attached to an aromatic ring is 1. The Labute approximate surface area is 85.5 Å². The van der Waals surface area contributed by atoms with Gasteiger partial charge in [-0.05, 0) is 5.92 Å². The molecule has 1 aromatic rings. The summed E-state index contributed by atoms with van der Waals surface area (Å²) in [6.45, 7) is 0. The Morgan fingerprint density at radius 3 is 3.00 bits per heavy atom. The van der Waals surface area contributed by atoms with Crippen molar-refractivity contribution in [2.75, 3.05) is 5.73 Å². The monoisotopic (exact) mass is 210 g/mol. The summed E-state index contributed by atoms with van der Waals surface area (Å²) in [7, 11) is 0. The van der Waals surface area contributed by atoms with Crippen LogP contribution in [0.15, 0.2) is 6.20 Å². The molecule has 0 aliphatic rings. The van der Waals surface area contributed by atoms with Gasteiger partial charge in [0.25, 0.3) is 0 Å². The Kier molecular flexibility index (Phi) is 3.26. The van der Waals surface area contributed by atoms with E-state index in [2.05, 4.69) is 21.8 Å². The van der Waals surface area contributed by atoms with E-state index in [1.165, 1.54) is 6.20 Å². The zero-order chi connectivity index (χ0) is 10.6. The van der Waals surface area contributed by atoms with E-state index in [1.807, 2.05) is 0 Å².